The highest BCUT2D eigenvalue weighted by atomic mass is 35.5. The summed E-state index contributed by atoms with van der Waals surface area (Å²) in [4.78, 5) is 6.64. The fraction of sp³-hybridized carbons (Fsp3) is 0.174. The van der Waals surface area contributed by atoms with Crippen LogP contribution >= 0.6 is 23.8 Å². The van der Waals surface area contributed by atoms with Crippen molar-refractivity contribution in [1.82, 2.24) is 20.4 Å². The van der Waals surface area contributed by atoms with Crippen LogP contribution in [0.1, 0.15) is 24.4 Å². The van der Waals surface area contributed by atoms with E-state index < -0.39 is 0 Å². The normalized spacial score (nSPS) is 17.5. The summed E-state index contributed by atoms with van der Waals surface area (Å²) in [5.41, 5.74) is 3.43. The number of hydrogen-bond acceptors (Lipinski definition) is 6. The molecule has 0 saturated heterocycles. The Kier molecular flexibility index (Phi) is 5.32. The summed E-state index contributed by atoms with van der Waals surface area (Å²) in [6.07, 6.45) is 1.79. The van der Waals surface area contributed by atoms with Crippen molar-refractivity contribution in [3.8, 4) is 22.9 Å². The third-order valence-corrected chi connectivity index (χ3v) is 5.95. The third kappa shape index (κ3) is 3.61. The molecular formula is C23H19ClN4O3S. The quantitative estimate of drug-likeness (QED) is 0.417. The van der Waals surface area contributed by atoms with Crippen LogP contribution in [0.5, 0.6) is 11.5 Å². The van der Waals surface area contributed by atoms with E-state index in [-0.39, 0.29) is 12.8 Å². The van der Waals surface area contributed by atoms with Gasteiger partial charge in [-0.3, -0.25) is 0 Å². The number of nitrogens with zero attached hydrogens (tertiary/aromatic N) is 3. The molecule has 2 aromatic carbocycles. The van der Waals surface area contributed by atoms with Gasteiger partial charge in [-0.2, -0.15) is 4.98 Å². The Morgan fingerprint density at radius 3 is 2.91 bits per heavy atom. The van der Waals surface area contributed by atoms with E-state index in [1.54, 1.807) is 6.08 Å². The molecule has 162 valence electrons. The summed E-state index contributed by atoms with van der Waals surface area (Å²) >= 11 is 11.9. The average Bonchev–Trinajstić information content (AvgIpc) is 3.45. The SMILES string of the molecule is C=CCN1C(=S)NC(c2cccc(Cl)c2)C(c2nc(-c3ccc4c(c3)OCO4)no2)=C1C. The molecule has 2 aliphatic rings. The summed E-state index contributed by atoms with van der Waals surface area (Å²) in [7, 11) is 0. The molecule has 5 rings (SSSR count). The second kappa shape index (κ2) is 8.29. The monoisotopic (exact) mass is 466 g/mol. The molecule has 0 bridgehead atoms. The fourth-order valence-corrected chi connectivity index (χ4v) is 4.36. The molecule has 2 aliphatic heterocycles. The van der Waals surface area contributed by atoms with Crippen LogP contribution in [0, 0.1) is 0 Å². The molecule has 0 spiro atoms. The van der Waals surface area contributed by atoms with Crippen molar-refractivity contribution in [3.63, 3.8) is 0 Å². The third-order valence-electron chi connectivity index (χ3n) is 5.38. The highest BCUT2D eigenvalue weighted by Gasteiger charge is 2.34. The Bertz CT molecular complexity index is 1260. The second-order valence-electron chi connectivity index (χ2n) is 7.33. The zero-order valence-electron chi connectivity index (χ0n) is 17.2. The van der Waals surface area contributed by atoms with E-state index in [0.29, 0.717) is 39.9 Å². The largest absolute Gasteiger partial charge is 0.454 e. The van der Waals surface area contributed by atoms with Gasteiger partial charge in [0.15, 0.2) is 16.6 Å². The van der Waals surface area contributed by atoms with Gasteiger partial charge >= 0.3 is 0 Å². The lowest BCUT2D eigenvalue weighted by Gasteiger charge is -2.36. The highest BCUT2D eigenvalue weighted by Crippen LogP contribution is 2.39. The summed E-state index contributed by atoms with van der Waals surface area (Å²) in [6, 6.07) is 12.9. The molecule has 3 aromatic rings. The summed E-state index contributed by atoms with van der Waals surface area (Å²) in [5, 5.41) is 8.82. The van der Waals surface area contributed by atoms with Gasteiger partial charge in [-0.1, -0.05) is 35.0 Å². The maximum atomic E-state index is 6.27. The van der Waals surface area contributed by atoms with Crippen molar-refractivity contribution in [2.45, 2.75) is 13.0 Å². The molecule has 0 fully saturated rings. The Hall–Kier alpha value is -3.36. The number of thiocarbonyl (C=S) groups is 1. The molecule has 1 N–H and O–H groups in total. The molecule has 0 saturated carbocycles. The van der Waals surface area contributed by atoms with Gasteiger partial charge < -0.3 is 24.2 Å². The van der Waals surface area contributed by atoms with Gasteiger partial charge in [0.2, 0.25) is 12.6 Å². The Morgan fingerprint density at radius 1 is 1.25 bits per heavy atom. The van der Waals surface area contributed by atoms with Gasteiger partial charge in [0.05, 0.1) is 11.6 Å². The van der Waals surface area contributed by atoms with Gasteiger partial charge in [0, 0.05) is 22.8 Å². The molecular weight excluding hydrogens is 448 g/mol. The predicted octanol–water partition coefficient (Wildman–Crippen LogP) is 4.97. The van der Waals surface area contributed by atoms with E-state index in [0.717, 1.165) is 22.4 Å². The van der Waals surface area contributed by atoms with E-state index in [4.69, 9.17) is 42.8 Å². The summed E-state index contributed by atoms with van der Waals surface area (Å²) in [5.74, 6) is 2.20. The highest BCUT2D eigenvalue weighted by molar-refractivity contribution is 7.80. The fourth-order valence-electron chi connectivity index (χ4n) is 3.83. The van der Waals surface area contributed by atoms with Crippen molar-refractivity contribution >= 4 is 34.5 Å². The van der Waals surface area contributed by atoms with Gasteiger partial charge in [-0.05, 0) is 55.0 Å². The number of aromatic nitrogens is 2. The molecule has 0 amide bonds. The standard InChI is InChI=1S/C23H19ClN4O3S/c1-3-9-28-13(2)19(20(25-23(28)32)14-5-4-6-16(24)10-14)22-26-21(27-31-22)15-7-8-17-18(11-15)30-12-29-17/h3-8,10-11,20H,1,9,12H2,2H3,(H,25,32). The first kappa shape index (κ1) is 20.5. The van der Waals surface area contributed by atoms with Crippen molar-refractivity contribution in [2.24, 2.45) is 0 Å². The molecule has 1 unspecified atom stereocenters. The molecule has 3 heterocycles. The van der Waals surface area contributed by atoms with Crippen LogP contribution in [0.15, 0.2) is 65.3 Å². The minimum absolute atomic E-state index is 0.203. The predicted molar refractivity (Wildman–Crippen MR) is 125 cm³/mol. The molecule has 0 radical (unpaired) electrons. The number of nitrogens with one attached hydrogen (secondary N) is 1. The lowest BCUT2D eigenvalue weighted by Crippen LogP contribution is -2.45. The van der Waals surface area contributed by atoms with Crippen molar-refractivity contribution < 1.29 is 14.0 Å². The van der Waals surface area contributed by atoms with E-state index in [1.165, 1.54) is 0 Å². The van der Waals surface area contributed by atoms with Crippen LogP contribution in [0.3, 0.4) is 0 Å². The average molecular weight is 467 g/mol. The Balaban J connectivity index is 1.59. The topological polar surface area (TPSA) is 72.7 Å². The van der Waals surface area contributed by atoms with Crippen LogP contribution in [-0.2, 0) is 0 Å². The number of rotatable bonds is 5. The Labute approximate surface area is 195 Å². The zero-order chi connectivity index (χ0) is 22.2. The van der Waals surface area contributed by atoms with E-state index in [1.807, 2.05) is 54.3 Å². The van der Waals surface area contributed by atoms with Crippen LogP contribution in [0.2, 0.25) is 5.02 Å². The Morgan fingerprint density at radius 2 is 2.09 bits per heavy atom. The van der Waals surface area contributed by atoms with Crippen LogP contribution in [0.4, 0.5) is 0 Å². The smallest absolute Gasteiger partial charge is 0.258 e. The summed E-state index contributed by atoms with van der Waals surface area (Å²) < 4.78 is 16.6. The maximum Gasteiger partial charge on any atom is 0.258 e. The van der Waals surface area contributed by atoms with E-state index >= 15 is 0 Å². The molecule has 32 heavy (non-hydrogen) atoms. The number of benzene rings is 2. The number of allylic oxidation sites excluding steroid dienone is 1. The number of halogens is 1. The second-order valence-corrected chi connectivity index (χ2v) is 8.15. The van der Waals surface area contributed by atoms with Gasteiger partial charge in [0.25, 0.3) is 5.89 Å². The molecule has 1 aromatic heterocycles. The molecule has 1 atom stereocenters. The number of ether oxygens (including phenoxy) is 2. The first-order valence-corrected chi connectivity index (χ1v) is 10.7. The van der Waals surface area contributed by atoms with E-state index in [2.05, 4.69) is 17.1 Å². The maximum absolute atomic E-state index is 6.27. The zero-order valence-corrected chi connectivity index (χ0v) is 18.7. The lowest BCUT2D eigenvalue weighted by atomic mass is 9.95. The first-order chi connectivity index (χ1) is 15.5. The van der Waals surface area contributed by atoms with Crippen LogP contribution in [0.25, 0.3) is 17.0 Å². The molecule has 0 aliphatic carbocycles. The number of hydrogen-bond donors (Lipinski definition) is 1. The minimum Gasteiger partial charge on any atom is -0.454 e. The van der Waals surface area contributed by atoms with Crippen molar-refractivity contribution in [3.05, 3.63) is 77.3 Å². The van der Waals surface area contributed by atoms with Crippen molar-refractivity contribution in [1.29, 1.82) is 0 Å². The van der Waals surface area contributed by atoms with Gasteiger partial charge in [0.1, 0.15) is 0 Å². The van der Waals surface area contributed by atoms with Crippen LogP contribution in [-0.4, -0.2) is 33.5 Å². The minimum atomic E-state index is -0.299. The molecule has 7 nitrogen and oxygen atoms in total. The number of fused-ring (bicyclic) bond motifs is 1. The van der Waals surface area contributed by atoms with Gasteiger partial charge in [-0.15, -0.1) is 6.58 Å². The van der Waals surface area contributed by atoms with Crippen molar-refractivity contribution in [2.75, 3.05) is 13.3 Å². The first-order valence-electron chi connectivity index (χ1n) is 9.94. The lowest BCUT2D eigenvalue weighted by molar-refractivity contribution is 0.174. The summed E-state index contributed by atoms with van der Waals surface area (Å²) in [6.45, 7) is 6.57. The molecule has 9 heteroatoms. The van der Waals surface area contributed by atoms with E-state index in [9.17, 15) is 0 Å². The van der Waals surface area contributed by atoms with Crippen LogP contribution < -0.4 is 14.8 Å². The van der Waals surface area contributed by atoms with Gasteiger partial charge in [-0.25, -0.2) is 0 Å².